The molecule has 1 spiro atoms. The van der Waals surface area contributed by atoms with Crippen molar-refractivity contribution in [1.29, 1.82) is 0 Å². The normalized spacial score (nSPS) is 38.6. The van der Waals surface area contributed by atoms with Gasteiger partial charge in [0.05, 0.1) is 0 Å². The van der Waals surface area contributed by atoms with Crippen molar-refractivity contribution in [3.05, 3.63) is 11.6 Å². The van der Waals surface area contributed by atoms with Gasteiger partial charge in [0.25, 0.3) is 0 Å². The largest absolute Gasteiger partial charge is 0.298 e. The number of Topliss-reactive ketones (excluding diaryl/α,β-unsaturated/α-hetero) is 1. The summed E-state index contributed by atoms with van der Waals surface area (Å²) in [4.78, 5) is 12.7. The summed E-state index contributed by atoms with van der Waals surface area (Å²) in [5.41, 5.74) is 1.35. The number of carbonyl (C=O) groups excluding carboxylic acids is 1. The van der Waals surface area contributed by atoms with Crippen molar-refractivity contribution in [2.75, 3.05) is 0 Å². The molecule has 0 aromatic carbocycles. The monoisotopic (exact) mass is 220 g/mol. The molecule has 1 heteroatoms. The highest BCUT2D eigenvalue weighted by atomic mass is 16.1. The molecule has 16 heavy (non-hydrogen) atoms. The van der Waals surface area contributed by atoms with Gasteiger partial charge in [0, 0.05) is 10.8 Å². The van der Waals surface area contributed by atoms with Crippen LogP contribution in [0, 0.1) is 16.7 Å². The van der Waals surface area contributed by atoms with Crippen LogP contribution in [0.25, 0.3) is 0 Å². The van der Waals surface area contributed by atoms with Crippen molar-refractivity contribution >= 4 is 5.78 Å². The number of allylic oxidation sites excluding steroid dienone is 2. The maximum Gasteiger partial charge on any atom is 0.145 e. The number of hydrogen-bond acceptors (Lipinski definition) is 1. The van der Waals surface area contributed by atoms with E-state index in [1.807, 2.05) is 0 Å². The zero-order valence-electron chi connectivity index (χ0n) is 11.1. The van der Waals surface area contributed by atoms with E-state index in [2.05, 4.69) is 33.8 Å². The molecule has 0 aromatic rings. The third-order valence-electron chi connectivity index (χ3n) is 4.88. The molecule has 1 fully saturated rings. The first-order valence-electron chi connectivity index (χ1n) is 6.59. The molecule has 0 heterocycles. The molecule has 90 valence electrons. The molecule has 1 saturated carbocycles. The smallest absolute Gasteiger partial charge is 0.145 e. The van der Waals surface area contributed by atoms with Gasteiger partial charge in [-0.2, -0.15) is 0 Å². The summed E-state index contributed by atoms with van der Waals surface area (Å²) in [5, 5.41) is 0. The Bertz CT molecular complexity index is 337. The van der Waals surface area contributed by atoms with Gasteiger partial charge in [0.2, 0.25) is 0 Å². The van der Waals surface area contributed by atoms with Crippen LogP contribution in [-0.4, -0.2) is 5.78 Å². The lowest BCUT2D eigenvalue weighted by Gasteiger charge is -2.48. The highest BCUT2D eigenvalue weighted by Gasteiger charge is 2.51. The Balaban J connectivity index is 2.34. The minimum Gasteiger partial charge on any atom is -0.298 e. The molecule has 1 unspecified atom stereocenters. The molecular formula is C15H24O. The van der Waals surface area contributed by atoms with Gasteiger partial charge >= 0.3 is 0 Å². The van der Waals surface area contributed by atoms with Gasteiger partial charge in [-0.3, -0.25) is 4.79 Å². The van der Waals surface area contributed by atoms with Gasteiger partial charge in [0.15, 0.2) is 0 Å². The summed E-state index contributed by atoms with van der Waals surface area (Å²) < 4.78 is 0. The van der Waals surface area contributed by atoms with Crippen LogP contribution in [0.15, 0.2) is 11.6 Å². The standard InChI is InChI=1S/C15H24O/c1-11-6-9-15(12(2)10-11)8-5-7-14(3,4)13(15)16/h6,12H,5,7-10H2,1-4H3/t12-,15?/m0/s1. The second-order valence-electron chi connectivity index (χ2n) is 6.58. The van der Waals surface area contributed by atoms with Crippen LogP contribution in [-0.2, 0) is 4.79 Å². The average molecular weight is 220 g/mol. The Kier molecular flexibility index (Phi) is 2.76. The SMILES string of the molecule is CC1=CCC2(CCCC(C)(C)C2=O)[C@@H](C)C1. The lowest BCUT2D eigenvalue weighted by molar-refractivity contribution is -0.145. The van der Waals surface area contributed by atoms with Crippen molar-refractivity contribution < 1.29 is 4.79 Å². The van der Waals surface area contributed by atoms with Gasteiger partial charge in [-0.25, -0.2) is 0 Å². The van der Waals surface area contributed by atoms with Crippen LogP contribution in [0.3, 0.4) is 0 Å². The summed E-state index contributed by atoms with van der Waals surface area (Å²) >= 11 is 0. The maximum atomic E-state index is 12.7. The fourth-order valence-corrected chi connectivity index (χ4v) is 3.73. The molecule has 2 aliphatic carbocycles. The van der Waals surface area contributed by atoms with E-state index in [-0.39, 0.29) is 10.8 Å². The van der Waals surface area contributed by atoms with E-state index in [9.17, 15) is 4.79 Å². The molecule has 0 radical (unpaired) electrons. The highest BCUT2D eigenvalue weighted by Crippen LogP contribution is 2.52. The Morgan fingerprint density at radius 1 is 1.31 bits per heavy atom. The second kappa shape index (κ2) is 3.72. The van der Waals surface area contributed by atoms with Crippen molar-refractivity contribution in [3.8, 4) is 0 Å². The predicted octanol–water partition coefficient (Wildman–Crippen LogP) is 4.13. The zero-order chi connectivity index (χ0) is 12.0. The summed E-state index contributed by atoms with van der Waals surface area (Å²) in [5.74, 6) is 1.06. The first-order chi connectivity index (χ1) is 7.38. The third kappa shape index (κ3) is 1.65. The maximum absolute atomic E-state index is 12.7. The van der Waals surface area contributed by atoms with E-state index < -0.39 is 0 Å². The molecule has 0 saturated heterocycles. The fourth-order valence-electron chi connectivity index (χ4n) is 3.73. The van der Waals surface area contributed by atoms with E-state index >= 15 is 0 Å². The quantitative estimate of drug-likeness (QED) is 0.561. The van der Waals surface area contributed by atoms with Crippen LogP contribution in [0.4, 0.5) is 0 Å². The molecule has 0 amide bonds. The minimum atomic E-state index is -0.0917. The van der Waals surface area contributed by atoms with Crippen molar-refractivity contribution in [2.45, 2.75) is 59.8 Å². The number of ketones is 1. The van der Waals surface area contributed by atoms with E-state index in [1.54, 1.807) is 0 Å². The van der Waals surface area contributed by atoms with Crippen molar-refractivity contribution in [1.82, 2.24) is 0 Å². The fraction of sp³-hybridized carbons (Fsp3) is 0.800. The van der Waals surface area contributed by atoms with E-state index in [4.69, 9.17) is 0 Å². The molecule has 0 bridgehead atoms. The van der Waals surface area contributed by atoms with Gasteiger partial charge in [-0.05, 0) is 38.5 Å². The van der Waals surface area contributed by atoms with E-state index in [0.29, 0.717) is 11.7 Å². The summed E-state index contributed by atoms with van der Waals surface area (Å²) in [6, 6.07) is 0. The van der Waals surface area contributed by atoms with Crippen LogP contribution >= 0.6 is 0 Å². The number of carbonyl (C=O) groups is 1. The predicted molar refractivity (Wildman–Crippen MR) is 67.2 cm³/mol. The van der Waals surface area contributed by atoms with Crippen molar-refractivity contribution in [3.63, 3.8) is 0 Å². The minimum absolute atomic E-state index is 0.0265. The molecule has 0 N–H and O–H groups in total. The van der Waals surface area contributed by atoms with Crippen LogP contribution in [0.5, 0.6) is 0 Å². The van der Waals surface area contributed by atoms with Crippen LogP contribution in [0.2, 0.25) is 0 Å². The van der Waals surface area contributed by atoms with Crippen LogP contribution in [0.1, 0.15) is 59.8 Å². The molecular weight excluding hydrogens is 196 g/mol. The van der Waals surface area contributed by atoms with Crippen LogP contribution < -0.4 is 0 Å². The van der Waals surface area contributed by atoms with Gasteiger partial charge < -0.3 is 0 Å². The Morgan fingerprint density at radius 2 is 2.00 bits per heavy atom. The Hall–Kier alpha value is -0.590. The molecule has 2 aliphatic rings. The first-order valence-corrected chi connectivity index (χ1v) is 6.59. The number of rotatable bonds is 0. The van der Waals surface area contributed by atoms with Crippen molar-refractivity contribution in [2.24, 2.45) is 16.7 Å². The molecule has 2 atom stereocenters. The second-order valence-corrected chi connectivity index (χ2v) is 6.58. The Labute approximate surface area is 99.3 Å². The third-order valence-corrected chi connectivity index (χ3v) is 4.88. The van der Waals surface area contributed by atoms with E-state index in [1.165, 1.54) is 12.0 Å². The number of hydrogen-bond donors (Lipinski definition) is 0. The zero-order valence-corrected chi connectivity index (χ0v) is 11.1. The summed E-state index contributed by atoms with van der Waals surface area (Å²) in [7, 11) is 0. The summed E-state index contributed by atoms with van der Waals surface area (Å²) in [6.07, 6.45) is 7.81. The first kappa shape index (κ1) is 11.9. The van der Waals surface area contributed by atoms with Gasteiger partial charge in [-0.1, -0.05) is 38.8 Å². The average Bonchev–Trinajstić information content (AvgIpc) is 2.19. The van der Waals surface area contributed by atoms with E-state index in [0.717, 1.165) is 25.7 Å². The topological polar surface area (TPSA) is 17.1 Å². The molecule has 2 rings (SSSR count). The lowest BCUT2D eigenvalue weighted by Crippen LogP contribution is -2.49. The lowest BCUT2D eigenvalue weighted by atomic mass is 9.54. The molecule has 0 aromatic heterocycles. The molecule has 1 nitrogen and oxygen atoms in total. The molecule has 0 aliphatic heterocycles. The Morgan fingerprint density at radius 3 is 2.62 bits per heavy atom. The van der Waals surface area contributed by atoms with Gasteiger partial charge in [0.1, 0.15) is 5.78 Å². The highest BCUT2D eigenvalue weighted by molar-refractivity contribution is 5.91. The van der Waals surface area contributed by atoms with Gasteiger partial charge in [-0.15, -0.1) is 0 Å². The summed E-state index contributed by atoms with van der Waals surface area (Å²) in [6.45, 7) is 8.74.